The summed E-state index contributed by atoms with van der Waals surface area (Å²) in [7, 11) is 0. The summed E-state index contributed by atoms with van der Waals surface area (Å²) in [6, 6.07) is -0.189. The van der Waals surface area contributed by atoms with Crippen LogP contribution in [0.5, 0.6) is 0 Å². The zero-order chi connectivity index (χ0) is 26.8. The van der Waals surface area contributed by atoms with Crippen LogP contribution in [-0.2, 0) is 22.4 Å². The molecule has 39 heavy (non-hydrogen) atoms. The number of H-pyrrole nitrogens is 1. The van der Waals surface area contributed by atoms with E-state index in [1.165, 1.54) is 55.0 Å². The Kier molecular flexibility index (Phi) is 6.28. The van der Waals surface area contributed by atoms with Crippen LogP contribution in [0.4, 0.5) is 0 Å². The van der Waals surface area contributed by atoms with Crippen LogP contribution in [-0.4, -0.2) is 69.3 Å². The molecular weight excluding hydrogens is 508 g/mol. The lowest BCUT2D eigenvalue weighted by molar-refractivity contribution is -0.137. The SMILES string of the molecule is Cc1nc2c3c(c(-c4[nH]c5sc(C6CCN(C(=O)[C@H]7COCCN7)CC6)c(C)c5c4C(C)C)cn2n1)CCC3. The first kappa shape index (κ1) is 25.2. The molecule has 4 aromatic rings. The number of rotatable bonds is 4. The second-order valence-corrected chi connectivity index (χ2v) is 12.9. The number of aromatic amines is 1. The Morgan fingerprint density at radius 2 is 1.97 bits per heavy atom. The molecule has 1 atom stereocenters. The van der Waals surface area contributed by atoms with Gasteiger partial charge in [-0.1, -0.05) is 13.8 Å². The number of morpholine rings is 1. The van der Waals surface area contributed by atoms with Gasteiger partial charge in [-0.2, -0.15) is 5.10 Å². The maximum atomic E-state index is 13.0. The van der Waals surface area contributed by atoms with E-state index >= 15 is 0 Å². The van der Waals surface area contributed by atoms with E-state index in [4.69, 9.17) is 9.72 Å². The normalized spacial score (nSPS) is 20.5. The standard InChI is InChI=1S/C30H38N6O2S/c1-16(2)24-25-17(3)27(19-8-11-35(12-9-19)30(37)23-15-38-13-10-31-23)39-29(25)33-26(24)22-14-36-28(32-18(4)34-36)21-7-5-6-20(21)22/h14,16,19,23,31,33H,5-13,15H2,1-4H3/t23-/m1/s1. The third-order valence-corrected chi connectivity index (χ3v) is 10.4. The van der Waals surface area contributed by atoms with E-state index in [2.05, 4.69) is 42.4 Å². The first-order valence-electron chi connectivity index (χ1n) is 14.5. The Balaban J connectivity index is 1.22. The first-order valence-corrected chi connectivity index (χ1v) is 15.3. The number of hydrogen-bond donors (Lipinski definition) is 2. The molecule has 7 rings (SSSR count). The smallest absolute Gasteiger partial charge is 0.242 e. The number of nitrogens with one attached hydrogen (secondary N) is 2. The fourth-order valence-electron chi connectivity index (χ4n) is 7.16. The van der Waals surface area contributed by atoms with E-state index in [9.17, 15) is 4.79 Å². The minimum Gasteiger partial charge on any atom is -0.378 e. The Hall–Kier alpha value is -2.75. The lowest BCUT2D eigenvalue weighted by atomic mass is 9.89. The van der Waals surface area contributed by atoms with Crippen molar-refractivity contribution in [3.05, 3.63) is 39.2 Å². The number of aromatic nitrogens is 4. The summed E-state index contributed by atoms with van der Waals surface area (Å²) in [5, 5.41) is 9.41. The summed E-state index contributed by atoms with van der Waals surface area (Å²) in [5.41, 5.74) is 9.23. The number of piperidine rings is 1. The number of carbonyl (C=O) groups excluding carboxylic acids is 1. The molecule has 0 spiro atoms. The summed E-state index contributed by atoms with van der Waals surface area (Å²) in [5.74, 6) is 1.92. The number of pyridine rings is 1. The predicted molar refractivity (Wildman–Crippen MR) is 155 cm³/mol. The molecule has 1 amide bonds. The third kappa shape index (κ3) is 4.12. The molecule has 3 aliphatic rings. The number of nitrogens with zero attached hydrogens (tertiary/aromatic N) is 4. The topological polar surface area (TPSA) is 87.5 Å². The van der Waals surface area contributed by atoms with Crippen LogP contribution in [0.2, 0.25) is 0 Å². The molecule has 2 fully saturated rings. The molecule has 0 unspecified atom stereocenters. The van der Waals surface area contributed by atoms with Crippen molar-refractivity contribution < 1.29 is 9.53 Å². The molecule has 8 nitrogen and oxygen atoms in total. The molecule has 0 aromatic carbocycles. The quantitative estimate of drug-likeness (QED) is 0.382. The molecule has 0 radical (unpaired) electrons. The van der Waals surface area contributed by atoms with Gasteiger partial charge in [0.2, 0.25) is 5.91 Å². The van der Waals surface area contributed by atoms with Crippen LogP contribution in [0, 0.1) is 13.8 Å². The minimum absolute atomic E-state index is 0.189. The fraction of sp³-hybridized carbons (Fsp3) is 0.567. The van der Waals surface area contributed by atoms with Gasteiger partial charge in [-0.05, 0) is 74.5 Å². The monoisotopic (exact) mass is 546 g/mol. The van der Waals surface area contributed by atoms with Gasteiger partial charge < -0.3 is 19.9 Å². The van der Waals surface area contributed by atoms with Crippen LogP contribution in [0.1, 0.15) is 77.9 Å². The van der Waals surface area contributed by atoms with Gasteiger partial charge in [0.15, 0.2) is 5.65 Å². The Bertz CT molecular complexity index is 1570. The average Bonchev–Trinajstić information content (AvgIpc) is 3.71. The van der Waals surface area contributed by atoms with Gasteiger partial charge in [-0.3, -0.25) is 4.79 Å². The molecule has 9 heteroatoms. The number of thiophene rings is 1. The van der Waals surface area contributed by atoms with Crippen LogP contribution >= 0.6 is 11.3 Å². The average molecular weight is 547 g/mol. The van der Waals surface area contributed by atoms with Gasteiger partial charge in [-0.15, -0.1) is 11.3 Å². The number of fused-ring (bicyclic) bond motifs is 4. The van der Waals surface area contributed by atoms with Crippen LogP contribution in [0.3, 0.4) is 0 Å². The number of amides is 1. The van der Waals surface area contributed by atoms with Gasteiger partial charge in [0.25, 0.3) is 0 Å². The van der Waals surface area contributed by atoms with Crippen LogP contribution < -0.4 is 5.32 Å². The summed E-state index contributed by atoms with van der Waals surface area (Å²) < 4.78 is 7.52. The number of aryl methyl sites for hydroxylation is 3. The highest BCUT2D eigenvalue weighted by Gasteiger charge is 2.33. The highest BCUT2D eigenvalue weighted by molar-refractivity contribution is 7.19. The van der Waals surface area contributed by atoms with Crippen molar-refractivity contribution in [1.29, 1.82) is 0 Å². The first-order chi connectivity index (χ1) is 18.9. The Morgan fingerprint density at radius 3 is 2.72 bits per heavy atom. The molecule has 2 saturated heterocycles. The number of hydrogen-bond acceptors (Lipinski definition) is 6. The van der Waals surface area contributed by atoms with E-state index in [1.54, 1.807) is 0 Å². The summed E-state index contributed by atoms with van der Waals surface area (Å²) >= 11 is 1.93. The lowest BCUT2D eigenvalue weighted by Crippen LogP contribution is -2.53. The van der Waals surface area contributed by atoms with Crippen molar-refractivity contribution in [3.8, 4) is 11.3 Å². The second kappa shape index (κ2) is 9.71. The summed E-state index contributed by atoms with van der Waals surface area (Å²) in [6.45, 7) is 12.5. The maximum Gasteiger partial charge on any atom is 0.242 e. The van der Waals surface area contributed by atoms with Gasteiger partial charge in [0, 0.05) is 47.2 Å². The minimum atomic E-state index is -0.189. The number of carbonyl (C=O) groups is 1. The molecule has 0 bridgehead atoms. The largest absolute Gasteiger partial charge is 0.378 e. The highest BCUT2D eigenvalue weighted by Crippen LogP contribution is 2.47. The van der Waals surface area contributed by atoms with Crippen molar-refractivity contribution in [2.24, 2.45) is 0 Å². The molecule has 0 saturated carbocycles. The molecule has 2 N–H and O–H groups in total. The van der Waals surface area contributed by atoms with Gasteiger partial charge in [-0.25, -0.2) is 9.50 Å². The van der Waals surface area contributed by atoms with Crippen molar-refractivity contribution in [3.63, 3.8) is 0 Å². The zero-order valence-electron chi connectivity index (χ0n) is 23.4. The zero-order valence-corrected chi connectivity index (χ0v) is 24.2. The molecule has 4 aromatic heterocycles. The molecule has 206 valence electrons. The van der Waals surface area contributed by atoms with Crippen LogP contribution in [0.25, 0.3) is 27.1 Å². The van der Waals surface area contributed by atoms with E-state index in [1.807, 2.05) is 27.7 Å². The van der Waals surface area contributed by atoms with Gasteiger partial charge >= 0.3 is 0 Å². The molecular formula is C30H38N6O2S. The third-order valence-electron chi connectivity index (χ3n) is 9.01. The number of likely N-dealkylation sites (tertiary alicyclic amines) is 1. The molecule has 1 aliphatic carbocycles. The fourth-order valence-corrected chi connectivity index (χ4v) is 8.56. The van der Waals surface area contributed by atoms with E-state index in [0.717, 1.165) is 56.8 Å². The van der Waals surface area contributed by atoms with Gasteiger partial charge in [0.1, 0.15) is 16.7 Å². The summed E-state index contributed by atoms with van der Waals surface area (Å²) in [4.78, 5) is 26.4. The predicted octanol–water partition coefficient (Wildman–Crippen LogP) is 4.86. The van der Waals surface area contributed by atoms with E-state index in [0.29, 0.717) is 25.0 Å². The molecule has 6 heterocycles. The van der Waals surface area contributed by atoms with Crippen molar-refractivity contribution in [2.75, 3.05) is 32.8 Å². The number of ether oxygens (including phenoxy) is 1. The van der Waals surface area contributed by atoms with Crippen molar-refractivity contribution in [1.82, 2.24) is 29.8 Å². The Labute approximate surface area is 233 Å². The highest BCUT2D eigenvalue weighted by atomic mass is 32.1. The van der Waals surface area contributed by atoms with Crippen molar-refractivity contribution in [2.45, 2.75) is 77.7 Å². The van der Waals surface area contributed by atoms with E-state index < -0.39 is 0 Å². The Morgan fingerprint density at radius 1 is 1.18 bits per heavy atom. The summed E-state index contributed by atoms with van der Waals surface area (Å²) in [6.07, 6.45) is 7.59. The van der Waals surface area contributed by atoms with Crippen LogP contribution in [0.15, 0.2) is 6.20 Å². The maximum absolute atomic E-state index is 13.0. The van der Waals surface area contributed by atoms with Gasteiger partial charge in [0.05, 0.1) is 18.9 Å². The molecule has 2 aliphatic heterocycles. The second-order valence-electron chi connectivity index (χ2n) is 11.8. The lowest BCUT2D eigenvalue weighted by Gasteiger charge is -2.35. The van der Waals surface area contributed by atoms with Crippen molar-refractivity contribution >= 4 is 33.1 Å². The van der Waals surface area contributed by atoms with E-state index in [-0.39, 0.29) is 11.9 Å².